The highest BCUT2D eigenvalue weighted by Gasteiger charge is 2.37. The maximum atomic E-state index is 9.75. The predicted octanol–water partition coefficient (Wildman–Crippen LogP) is 5.72. The van der Waals surface area contributed by atoms with E-state index in [0.717, 1.165) is 17.6 Å². The first-order valence-electron chi connectivity index (χ1n) is 7.52. The fourth-order valence-electron chi connectivity index (χ4n) is 3.09. The van der Waals surface area contributed by atoms with E-state index in [1.807, 2.05) is 0 Å². The highest BCUT2D eigenvalue weighted by Crippen LogP contribution is 2.48. The van der Waals surface area contributed by atoms with Crippen molar-refractivity contribution in [2.45, 2.75) is 13.8 Å². The number of anilines is 2. The van der Waals surface area contributed by atoms with Gasteiger partial charge in [-0.15, -0.1) is 0 Å². The Morgan fingerprint density at radius 1 is 0.783 bits per heavy atom. The molecular weight excluding hydrogens is 307 g/mol. The molecule has 0 fully saturated rings. The molecule has 0 amide bonds. The van der Waals surface area contributed by atoms with Gasteiger partial charge in [0.1, 0.15) is 11.4 Å². The number of quaternary nitrogens is 1. The summed E-state index contributed by atoms with van der Waals surface area (Å²) in [6.45, 7) is 6.68. The lowest BCUT2D eigenvalue weighted by Gasteiger charge is -2.41. The van der Waals surface area contributed by atoms with E-state index in [1.54, 1.807) is 0 Å². The largest absolute Gasteiger partial charge is 0.673 e. The second-order valence-corrected chi connectivity index (χ2v) is 5.25. The standard InChI is InChI=1S/C16H19N2.BF4/c1-3-18(4-2)15-11-7-5-9-13(15)17-14-10-6-8-12-16(14)18;2-1(3,4)5/h5-12,17H,3-4H2,1-2H3;/q+1;-1. The Labute approximate surface area is 133 Å². The maximum Gasteiger partial charge on any atom is 0.673 e. The second kappa shape index (κ2) is 6.62. The number of fused-ring (bicyclic) bond motifs is 2. The fraction of sp³-hybridized carbons (Fsp3) is 0.250. The zero-order chi connectivity index (χ0) is 17.1. The molecule has 0 saturated heterocycles. The third kappa shape index (κ3) is 3.67. The first kappa shape index (κ1) is 17.3. The summed E-state index contributed by atoms with van der Waals surface area (Å²) in [5, 5.41) is 3.55. The van der Waals surface area contributed by atoms with E-state index in [-0.39, 0.29) is 0 Å². The van der Waals surface area contributed by atoms with Crippen LogP contribution in [0, 0.1) is 0 Å². The average Bonchev–Trinajstić information content (AvgIpc) is 2.51. The van der Waals surface area contributed by atoms with Crippen molar-refractivity contribution in [1.29, 1.82) is 0 Å². The Morgan fingerprint density at radius 2 is 1.13 bits per heavy atom. The Bertz CT molecular complexity index is 616. The first-order chi connectivity index (χ1) is 10.8. The van der Waals surface area contributed by atoms with Crippen LogP contribution in [-0.2, 0) is 0 Å². The van der Waals surface area contributed by atoms with Gasteiger partial charge in [-0.25, -0.2) is 0 Å². The van der Waals surface area contributed by atoms with Crippen LogP contribution >= 0.6 is 0 Å². The molecule has 0 bridgehead atoms. The lowest BCUT2D eigenvalue weighted by atomic mass is 10.1. The smallest absolute Gasteiger partial charge is 0.418 e. The summed E-state index contributed by atoms with van der Waals surface area (Å²) in [4.78, 5) is 0. The van der Waals surface area contributed by atoms with Gasteiger partial charge in [-0.3, -0.25) is 4.48 Å². The SMILES string of the molecule is CC[N+]1(CC)c2ccccc2Nc2ccccc21.F[B-](F)(F)F. The van der Waals surface area contributed by atoms with Crippen LogP contribution < -0.4 is 9.80 Å². The topological polar surface area (TPSA) is 12.0 Å². The van der Waals surface area contributed by atoms with E-state index in [1.165, 1.54) is 22.7 Å². The van der Waals surface area contributed by atoms with E-state index in [4.69, 9.17) is 0 Å². The van der Waals surface area contributed by atoms with Gasteiger partial charge in [0.25, 0.3) is 0 Å². The molecule has 1 aliphatic rings. The molecule has 1 aliphatic heterocycles. The van der Waals surface area contributed by atoms with Gasteiger partial charge in [0.05, 0.1) is 13.1 Å². The monoisotopic (exact) mass is 326 g/mol. The lowest BCUT2D eigenvalue weighted by Crippen LogP contribution is -2.46. The maximum absolute atomic E-state index is 9.75. The molecule has 0 spiro atoms. The molecule has 2 aromatic rings. The molecule has 3 rings (SSSR count). The van der Waals surface area contributed by atoms with Crippen LogP contribution in [0.5, 0.6) is 0 Å². The molecule has 2 nitrogen and oxygen atoms in total. The molecule has 1 heterocycles. The fourth-order valence-corrected chi connectivity index (χ4v) is 3.09. The van der Waals surface area contributed by atoms with Crippen LogP contribution in [0.2, 0.25) is 0 Å². The minimum absolute atomic E-state index is 0.930. The highest BCUT2D eigenvalue weighted by molar-refractivity contribution is 6.50. The normalized spacial score (nSPS) is 14.7. The zero-order valence-electron chi connectivity index (χ0n) is 13.1. The minimum atomic E-state index is -6.00. The minimum Gasteiger partial charge on any atom is -0.418 e. The van der Waals surface area contributed by atoms with E-state index in [2.05, 4.69) is 67.7 Å². The van der Waals surface area contributed by atoms with Gasteiger partial charge in [-0.05, 0) is 26.0 Å². The number of benzene rings is 2. The number of hydrogen-bond donors (Lipinski definition) is 1. The highest BCUT2D eigenvalue weighted by atomic mass is 19.5. The number of halogens is 4. The molecule has 0 atom stereocenters. The van der Waals surface area contributed by atoms with Crippen LogP contribution in [0.3, 0.4) is 0 Å². The van der Waals surface area contributed by atoms with E-state index in [0.29, 0.717) is 0 Å². The van der Waals surface area contributed by atoms with Crippen LogP contribution in [-0.4, -0.2) is 20.3 Å². The molecule has 124 valence electrons. The first-order valence-corrected chi connectivity index (χ1v) is 7.52. The Hall–Kier alpha value is -2.02. The molecule has 2 aromatic carbocycles. The summed E-state index contributed by atoms with van der Waals surface area (Å²) in [6.07, 6.45) is 0. The molecule has 23 heavy (non-hydrogen) atoms. The third-order valence-electron chi connectivity index (χ3n) is 4.08. The van der Waals surface area contributed by atoms with Crippen molar-refractivity contribution in [1.82, 2.24) is 4.48 Å². The van der Waals surface area contributed by atoms with Crippen LogP contribution in [0.25, 0.3) is 0 Å². The Morgan fingerprint density at radius 3 is 1.48 bits per heavy atom. The number of para-hydroxylation sites is 4. The van der Waals surface area contributed by atoms with Crippen molar-refractivity contribution in [3.05, 3.63) is 48.5 Å². The van der Waals surface area contributed by atoms with E-state index in [9.17, 15) is 17.3 Å². The molecule has 0 saturated carbocycles. The number of hydrogen-bond acceptors (Lipinski definition) is 1. The summed E-state index contributed by atoms with van der Waals surface area (Å²) in [6, 6.07) is 17.3. The van der Waals surface area contributed by atoms with Crippen molar-refractivity contribution in [2.24, 2.45) is 0 Å². The molecule has 1 N–H and O–H groups in total. The zero-order valence-corrected chi connectivity index (χ0v) is 13.1. The van der Waals surface area contributed by atoms with Crippen molar-refractivity contribution in [2.75, 3.05) is 18.4 Å². The van der Waals surface area contributed by atoms with Gasteiger partial charge in [0, 0.05) is 12.1 Å². The molecular formula is C16H19BF4N2. The third-order valence-corrected chi connectivity index (χ3v) is 4.08. The van der Waals surface area contributed by atoms with Gasteiger partial charge < -0.3 is 22.6 Å². The summed E-state index contributed by atoms with van der Waals surface area (Å²) < 4.78 is 39.9. The Kier molecular flexibility index (Phi) is 4.99. The van der Waals surface area contributed by atoms with E-state index < -0.39 is 7.25 Å². The van der Waals surface area contributed by atoms with Crippen molar-refractivity contribution >= 4 is 30.0 Å². The molecule has 0 aromatic heterocycles. The van der Waals surface area contributed by atoms with Gasteiger partial charge in [-0.2, -0.15) is 0 Å². The summed E-state index contributed by atoms with van der Waals surface area (Å²) >= 11 is 0. The second-order valence-electron chi connectivity index (χ2n) is 5.25. The summed E-state index contributed by atoms with van der Waals surface area (Å²) in [7, 11) is -6.00. The van der Waals surface area contributed by atoms with Gasteiger partial charge >= 0.3 is 7.25 Å². The molecule has 0 unspecified atom stereocenters. The average molecular weight is 326 g/mol. The van der Waals surface area contributed by atoms with Crippen molar-refractivity contribution < 1.29 is 17.3 Å². The summed E-state index contributed by atoms with van der Waals surface area (Å²) in [5.41, 5.74) is 5.22. The van der Waals surface area contributed by atoms with E-state index >= 15 is 0 Å². The van der Waals surface area contributed by atoms with Gasteiger partial charge in [0.2, 0.25) is 0 Å². The lowest BCUT2D eigenvalue weighted by molar-refractivity contribution is 0.368. The Balaban J connectivity index is 0.000000338. The van der Waals surface area contributed by atoms with Gasteiger partial charge in [-0.1, -0.05) is 24.3 Å². The van der Waals surface area contributed by atoms with Crippen molar-refractivity contribution in [3.8, 4) is 0 Å². The molecule has 0 radical (unpaired) electrons. The van der Waals surface area contributed by atoms with Crippen LogP contribution in [0.15, 0.2) is 48.5 Å². The number of nitrogens with one attached hydrogen (secondary N) is 1. The van der Waals surface area contributed by atoms with Crippen LogP contribution in [0.4, 0.5) is 40.0 Å². The predicted molar refractivity (Wildman–Crippen MR) is 88.9 cm³/mol. The molecule has 7 heteroatoms. The van der Waals surface area contributed by atoms with Gasteiger partial charge in [0.15, 0.2) is 11.4 Å². The molecule has 0 aliphatic carbocycles. The van der Waals surface area contributed by atoms with Crippen molar-refractivity contribution in [3.63, 3.8) is 0 Å². The summed E-state index contributed by atoms with van der Waals surface area (Å²) in [5.74, 6) is 0. The van der Waals surface area contributed by atoms with Crippen LogP contribution in [0.1, 0.15) is 13.8 Å². The number of rotatable bonds is 2. The number of nitrogens with zero attached hydrogens (tertiary/aromatic N) is 1. The quantitative estimate of drug-likeness (QED) is 0.423.